The molecule has 1 saturated carbocycles. The van der Waals surface area contributed by atoms with E-state index in [1.54, 1.807) is 0 Å². The molecule has 0 amide bonds. The van der Waals surface area contributed by atoms with Crippen molar-refractivity contribution >= 4 is 8.32 Å². The number of rotatable bonds is 3. The molecule has 0 radical (unpaired) electrons. The highest BCUT2D eigenvalue weighted by atomic mass is 28.4. The van der Waals surface area contributed by atoms with Crippen molar-refractivity contribution in [2.45, 2.75) is 76.7 Å². The first-order valence-corrected chi connectivity index (χ1v) is 9.39. The van der Waals surface area contributed by atoms with Crippen LogP contribution in [-0.2, 0) is 4.43 Å². The van der Waals surface area contributed by atoms with E-state index in [1.165, 1.54) is 0 Å². The third-order valence-corrected chi connectivity index (χ3v) is 8.66. The van der Waals surface area contributed by atoms with Gasteiger partial charge in [-0.15, -0.1) is 0 Å². The lowest BCUT2D eigenvalue weighted by atomic mass is 9.94. The van der Waals surface area contributed by atoms with Gasteiger partial charge in [0.05, 0.1) is 0 Å². The Bertz CT molecular complexity index is 297. The molecule has 0 aromatic carbocycles. The SMILES string of the molecule is CC(C)(C)[Si](C)(C)OC1CCC(N=[N+]=[N-])CC1. The van der Waals surface area contributed by atoms with Crippen molar-refractivity contribution < 1.29 is 4.43 Å². The lowest BCUT2D eigenvalue weighted by molar-refractivity contribution is 0.131. The highest BCUT2D eigenvalue weighted by Crippen LogP contribution is 2.39. The molecular formula is C12H25N3OSi. The summed E-state index contributed by atoms with van der Waals surface area (Å²) in [6.07, 6.45) is 4.40. The second-order valence-corrected chi connectivity index (χ2v) is 11.3. The maximum absolute atomic E-state index is 8.41. The van der Waals surface area contributed by atoms with E-state index in [9.17, 15) is 0 Å². The van der Waals surface area contributed by atoms with E-state index < -0.39 is 8.32 Å². The zero-order valence-corrected chi connectivity index (χ0v) is 12.7. The molecule has 0 spiro atoms. The van der Waals surface area contributed by atoms with Crippen LogP contribution in [0.2, 0.25) is 18.1 Å². The third kappa shape index (κ3) is 4.02. The Morgan fingerprint density at radius 1 is 1.18 bits per heavy atom. The van der Waals surface area contributed by atoms with E-state index in [0.29, 0.717) is 6.10 Å². The molecule has 17 heavy (non-hydrogen) atoms. The zero-order chi connectivity index (χ0) is 13.1. The fraction of sp³-hybridized carbons (Fsp3) is 1.00. The molecule has 1 aliphatic carbocycles. The molecule has 0 bridgehead atoms. The maximum atomic E-state index is 8.41. The van der Waals surface area contributed by atoms with Crippen molar-refractivity contribution in [3.8, 4) is 0 Å². The van der Waals surface area contributed by atoms with Gasteiger partial charge in [0.25, 0.3) is 0 Å². The fourth-order valence-electron chi connectivity index (χ4n) is 1.95. The number of hydrogen-bond donors (Lipinski definition) is 0. The van der Waals surface area contributed by atoms with Gasteiger partial charge in [-0.1, -0.05) is 25.9 Å². The van der Waals surface area contributed by atoms with Gasteiger partial charge in [-0.3, -0.25) is 0 Å². The standard InChI is InChI=1S/C12H25N3OSi/c1-12(2,3)17(4,5)16-11-8-6-10(7-9-11)14-15-13/h10-11H,6-9H2,1-5H3. The van der Waals surface area contributed by atoms with Gasteiger partial charge in [0, 0.05) is 17.1 Å². The smallest absolute Gasteiger partial charge is 0.192 e. The molecule has 0 aromatic rings. The highest BCUT2D eigenvalue weighted by molar-refractivity contribution is 6.74. The molecule has 1 rings (SSSR count). The summed E-state index contributed by atoms with van der Waals surface area (Å²) in [5.74, 6) is 0. The molecule has 0 saturated heterocycles. The van der Waals surface area contributed by atoms with Crippen LogP contribution in [0.1, 0.15) is 46.5 Å². The van der Waals surface area contributed by atoms with Gasteiger partial charge in [0.2, 0.25) is 0 Å². The quantitative estimate of drug-likeness (QED) is 0.314. The molecular weight excluding hydrogens is 230 g/mol. The topological polar surface area (TPSA) is 58.0 Å². The summed E-state index contributed by atoms with van der Waals surface area (Å²) in [6, 6.07) is 0.194. The van der Waals surface area contributed by atoms with Crippen LogP contribution in [0.4, 0.5) is 0 Å². The van der Waals surface area contributed by atoms with Crippen LogP contribution in [0.15, 0.2) is 5.11 Å². The predicted molar refractivity (Wildman–Crippen MR) is 73.5 cm³/mol. The van der Waals surface area contributed by atoms with Crippen molar-refractivity contribution in [3.63, 3.8) is 0 Å². The first-order valence-electron chi connectivity index (χ1n) is 6.48. The number of hydrogen-bond acceptors (Lipinski definition) is 2. The summed E-state index contributed by atoms with van der Waals surface area (Å²) in [5.41, 5.74) is 8.41. The van der Waals surface area contributed by atoms with Crippen molar-refractivity contribution in [2.24, 2.45) is 5.11 Å². The third-order valence-electron chi connectivity index (χ3n) is 4.13. The van der Waals surface area contributed by atoms with E-state index in [-0.39, 0.29) is 11.1 Å². The molecule has 0 aliphatic heterocycles. The predicted octanol–water partition coefficient (Wildman–Crippen LogP) is 4.63. The molecule has 1 fully saturated rings. The first-order chi connectivity index (χ1) is 7.76. The minimum absolute atomic E-state index is 0.194. The Hall–Kier alpha value is -0.513. The molecule has 0 N–H and O–H groups in total. The minimum atomic E-state index is -1.64. The maximum Gasteiger partial charge on any atom is 0.192 e. The van der Waals surface area contributed by atoms with E-state index in [2.05, 4.69) is 43.9 Å². The van der Waals surface area contributed by atoms with E-state index in [1.807, 2.05) is 0 Å². The molecule has 0 unspecified atom stereocenters. The van der Waals surface area contributed by atoms with Crippen molar-refractivity contribution in [1.29, 1.82) is 0 Å². The van der Waals surface area contributed by atoms with Gasteiger partial charge in [-0.2, -0.15) is 0 Å². The van der Waals surface area contributed by atoms with Crippen LogP contribution < -0.4 is 0 Å². The van der Waals surface area contributed by atoms with Gasteiger partial charge in [0.15, 0.2) is 8.32 Å². The van der Waals surface area contributed by atoms with Crippen molar-refractivity contribution in [3.05, 3.63) is 10.4 Å². The number of nitrogens with zero attached hydrogens (tertiary/aromatic N) is 3. The Balaban J connectivity index is 2.48. The van der Waals surface area contributed by atoms with Crippen LogP contribution in [0, 0.1) is 0 Å². The van der Waals surface area contributed by atoms with E-state index >= 15 is 0 Å². The van der Waals surface area contributed by atoms with Gasteiger partial charge in [0.1, 0.15) is 0 Å². The summed E-state index contributed by atoms with van der Waals surface area (Å²) in [5, 5.41) is 4.07. The molecule has 5 heteroatoms. The summed E-state index contributed by atoms with van der Waals surface area (Å²) in [6.45, 7) is 11.4. The summed E-state index contributed by atoms with van der Waals surface area (Å²) in [4.78, 5) is 2.89. The Labute approximate surface area is 105 Å². The lowest BCUT2D eigenvalue weighted by Crippen LogP contribution is -2.44. The van der Waals surface area contributed by atoms with Gasteiger partial charge in [-0.05, 0) is 49.3 Å². The summed E-state index contributed by atoms with van der Waals surface area (Å²) >= 11 is 0. The molecule has 0 atom stereocenters. The Morgan fingerprint density at radius 2 is 1.71 bits per heavy atom. The second kappa shape index (κ2) is 5.42. The minimum Gasteiger partial charge on any atom is -0.414 e. The summed E-state index contributed by atoms with van der Waals surface area (Å²) in [7, 11) is -1.64. The van der Waals surface area contributed by atoms with E-state index in [4.69, 9.17) is 9.96 Å². The second-order valence-electron chi connectivity index (χ2n) is 6.51. The van der Waals surface area contributed by atoms with Crippen LogP contribution in [0.25, 0.3) is 10.4 Å². The van der Waals surface area contributed by atoms with Crippen molar-refractivity contribution in [1.82, 2.24) is 0 Å². The molecule has 98 valence electrons. The van der Waals surface area contributed by atoms with Gasteiger partial charge in [-0.25, -0.2) is 0 Å². The average Bonchev–Trinajstić information content (AvgIpc) is 2.19. The first kappa shape index (κ1) is 14.5. The van der Waals surface area contributed by atoms with Crippen LogP contribution in [0.5, 0.6) is 0 Å². The van der Waals surface area contributed by atoms with Crippen LogP contribution >= 0.6 is 0 Å². The average molecular weight is 255 g/mol. The molecule has 0 aromatic heterocycles. The van der Waals surface area contributed by atoms with Crippen LogP contribution in [0.3, 0.4) is 0 Å². The summed E-state index contributed by atoms with van der Waals surface area (Å²) < 4.78 is 6.37. The van der Waals surface area contributed by atoms with Crippen molar-refractivity contribution in [2.75, 3.05) is 0 Å². The molecule has 0 heterocycles. The lowest BCUT2D eigenvalue weighted by Gasteiger charge is -2.40. The molecule has 4 nitrogen and oxygen atoms in total. The zero-order valence-electron chi connectivity index (χ0n) is 11.7. The Morgan fingerprint density at radius 3 is 2.12 bits per heavy atom. The number of azide groups is 1. The van der Waals surface area contributed by atoms with E-state index in [0.717, 1.165) is 25.7 Å². The van der Waals surface area contributed by atoms with Gasteiger partial charge < -0.3 is 4.43 Å². The monoisotopic (exact) mass is 255 g/mol. The molecule has 1 aliphatic rings. The van der Waals surface area contributed by atoms with Crippen LogP contribution in [-0.4, -0.2) is 20.5 Å². The highest BCUT2D eigenvalue weighted by Gasteiger charge is 2.39. The Kier molecular flexibility index (Phi) is 4.64. The van der Waals surface area contributed by atoms with Gasteiger partial charge >= 0.3 is 0 Å². The normalized spacial score (nSPS) is 26.4. The fourth-order valence-corrected chi connectivity index (χ4v) is 3.37. The largest absolute Gasteiger partial charge is 0.414 e.